The van der Waals surface area contributed by atoms with Gasteiger partial charge in [0.1, 0.15) is 12.7 Å². The number of hydrogen-bond acceptors (Lipinski definition) is 9. The van der Waals surface area contributed by atoms with Crippen molar-refractivity contribution < 1.29 is 47.8 Å². The van der Waals surface area contributed by atoms with Gasteiger partial charge in [-0.3, -0.25) is 18.6 Å². The lowest BCUT2D eigenvalue weighted by atomic mass is 10.0. The zero-order chi connectivity index (χ0) is 41.2. The van der Waals surface area contributed by atoms with Crippen LogP contribution in [0.15, 0.2) is 12.2 Å². The van der Waals surface area contributed by atoms with E-state index in [4.69, 9.17) is 23.6 Å². The van der Waals surface area contributed by atoms with Crippen molar-refractivity contribution in [2.24, 2.45) is 0 Å². The third-order valence-electron chi connectivity index (χ3n) is 10.2. The van der Waals surface area contributed by atoms with Gasteiger partial charge in [0.15, 0.2) is 6.10 Å². The number of carbonyl (C=O) groups excluding carboxylic acids is 2. The summed E-state index contributed by atoms with van der Waals surface area (Å²) in [5, 5.41) is 18.3. The van der Waals surface area contributed by atoms with Gasteiger partial charge in [-0.05, 0) is 38.5 Å². The Labute approximate surface area is 343 Å². The number of esters is 2. The Balaban J connectivity index is 4.18. The van der Waals surface area contributed by atoms with E-state index in [-0.39, 0.29) is 19.4 Å². The predicted octanol–water partition coefficient (Wildman–Crippen LogP) is 12.4. The number of ether oxygens (including phenoxy) is 2. The topological polar surface area (TPSA) is 149 Å². The van der Waals surface area contributed by atoms with Crippen LogP contribution in [-0.4, -0.2) is 65.7 Å². The first-order valence-electron chi connectivity index (χ1n) is 23.1. The molecule has 0 aliphatic heterocycles. The number of allylic oxidation sites excluding steroid dienone is 2. The zero-order valence-corrected chi connectivity index (χ0v) is 37.0. The van der Waals surface area contributed by atoms with Gasteiger partial charge < -0.3 is 24.6 Å². The Morgan fingerprint density at radius 3 is 1.30 bits per heavy atom. The number of phosphoric acid groups is 1. The van der Waals surface area contributed by atoms with Gasteiger partial charge in [0.05, 0.1) is 19.8 Å². The smallest absolute Gasteiger partial charge is 0.462 e. The Hall–Kier alpha value is -1.29. The molecule has 3 N–H and O–H groups in total. The lowest BCUT2D eigenvalue weighted by molar-refractivity contribution is -0.161. The van der Waals surface area contributed by atoms with Crippen molar-refractivity contribution in [1.29, 1.82) is 0 Å². The fraction of sp³-hybridized carbons (Fsp3) is 0.911. The van der Waals surface area contributed by atoms with Gasteiger partial charge in [0.25, 0.3) is 0 Å². The van der Waals surface area contributed by atoms with Crippen molar-refractivity contribution in [2.45, 2.75) is 238 Å². The highest BCUT2D eigenvalue weighted by molar-refractivity contribution is 7.47. The van der Waals surface area contributed by atoms with Crippen LogP contribution >= 0.6 is 7.82 Å². The van der Waals surface area contributed by atoms with Gasteiger partial charge in [-0.1, -0.05) is 187 Å². The van der Waals surface area contributed by atoms with E-state index in [1.54, 1.807) is 0 Å². The number of aliphatic hydroxyl groups is 2. The van der Waals surface area contributed by atoms with E-state index in [9.17, 15) is 24.2 Å². The third-order valence-corrected chi connectivity index (χ3v) is 11.1. The highest BCUT2D eigenvalue weighted by Crippen LogP contribution is 2.43. The van der Waals surface area contributed by atoms with Gasteiger partial charge >= 0.3 is 19.8 Å². The minimum Gasteiger partial charge on any atom is -0.462 e. The maximum absolute atomic E-state index is 12.6. The fourth-order valence-electron chi connectivity index (χ4n) is 6.58. The molecule has 0 spiro atoms. The first-order chi connectivity index (χ1) is 27.2. The van der Waals surface area contributed by atoms with Gasteiger partial charge in [-0.2, -0.15) is 0 Å². The van der Waals surface area contributed by atoms with Crippen LogP contribution in [0.3, 0.4) is 0 Å². The van der Waals surface area contributed by atoms with E-state index in [2.05, 4.69) is 26.0 Å². The van der Waals surface area contributed by atoms with Crippen LogP contribution in [0.5, 0.6) is 0 Å². The summed E-state index contributed by atoms with van der Waals surface area (Å²) in [6.45, 7) is 2.39. The molecule has 0 aliphatic carbocycles. The Morgan fingerprint density at radius 2 is 0.875 bits per heavy atom. The molecule has 0 bridgehead atoms. The molecular formula is C45H87O10P. The number of carbonyl (C=O) groups is 2. The minimum absolute atomic E-state index is 0.168. The van der Waals surface area contributed by atoms with Gasteiger partial charge in [0, 0.05) is 12.8 Å². The zero-order valence-electron chi connectivity index (χ0n) is 36.1. The summed E-state index contributed by atoms with van der Waals surface area (Å²) >= 11 is 0. The van der Waals surface area contributed by atoms with Crippen molar-refractivity contribution >= 4 is 19.8 Å². The third kappa shape index (κ3) is 40.9. The molecule has 11 heteroatoms. The van der Waals surface area contributed by atoms with Crippen LogP contribution in [0.2, 0.25) is 0 Å². The number of unbranched alkanes of at least 4 members (excludes halogenated alkanes) is 28. The Bertz CT molecular complexity index is 946. The van der Waals surface area contributed by atoms with Gasteiger partial charge in [-0.15, -0.1) is 0 Å². The number of hydrogen-bond donors (Lipinski definition) is 3. The second-order valence-corrected chi connectivity index (χ2v) is 17.2. The fourth-order valence-corrected chi connectivity index (χ4v) is 7.37. The molecule has 56 heavy (non-hydrogen) atoms. The van der Waals surface area contributed by atoms with Crippen LogP contribution in [0.4, 0.5) is 0 Å². The van der Waals surface area contributed by atoms with E-state index < -0.39 is 51.8 Å². The van der Waals surface area contributed by atoms with Crippen LogP contribution in [-0.2, 0) is 32.7 Å². The average molecular weight is 819 g/mol. The molecule has 0 aromatic rings. The first kappa shape index (κ1) is 54.7. The van der Waals surface area contributed by atoms with Crippen molar-refractivity contribution in [1.82, 2.24) is 0 Å². The van der Waals surface area contributed by atoms with Crippen molar-refractivity contribution in [2.75, 3.05) is 26.4 Å². The lowest BCUT2D eigenvalue weighted by Gasteiger charge is -2.20. The molecule has 0 saturated heterocycles. The monoisotopic (exact) mass is 819 g/mol. The normalized spacial score (nSPS) is 13.9. The van der Waals surface area contributed by atoms with Crippen LogP contribution < -0.4 is 0 Å². The summed E-state index contributed by atoms with van der Waals surface area (Å²) in [6.07, 6.45) is 40.4. The van der Waals surface area contributed by atoms with Crippen molar-refractivity contribution in [3.05, 3.63) is 12.2 Å². The summed E-state index contributed by atoms with van der Waals surface area (Å²) in [5.74, 6) is -0.931. The molecule has 0 radical (unpaired) electrons. The van der Waals surface area contributed by atoms with E-state index in [0.29, 0.717) is 12.8 Å². The standard InChI is InChI=1S/C45H87O10P/c1-3-5-7-9-11-13-15-17-18-19-20-21-22-23-25-26-28-30-32-34-36-44(48)52-40-43(41-54-56(50,51)53-39-42(47)38-46)55-45(49)37-35-33-31-29-27-24-16-14-12-10-8-6-4-2/h24,27,42-43,46-47H,3-23,25-26,28-41H2,1-2H3,(H,50,51)/b27-24+/t42-,43-/m1/s1. The predicted molar refractivity (Wildman–Crippen MR) is 229 cm³/mol. The molecule has 332 valence electrons. The minimum atomic E-state index is -4.62. The average Bonchev–Trinajstić information content (AvgIpc) is 3.19. The van der Waals surface area contributed by atoms with Crippen LogP contribution in [0.1, 0.15) is 226 Å². The van der Waals surface area contributed by atoms with E-state index in [0.717, 1.165) is 44.9 Å². The molecule has 3 atom stereocenters. The second-order valence-electron chi connectivity index (χ2n) is 15.8. The highest BCUT2D eigenvalue weighted by atomic mass is 31.2. The van der Waals surface area contributed by atoms with Crippen molar-refractivity contribution in [3.63, 3.8) is 0 Å². The molecule has 1 unspecified atom stereocenters. The van der Waals surface area contributed by atoms with E-state index in [1.165, 1.54) is 141 Å². The summed E-state index contributed by atoms with van der Waals surface area (Å²) < 4.78 is 32.7. The maximum Gasteiger partial charge on any atom is 0.472 e. The number of phosphoric ester groups is 1. The van der Waals surface area contributed by atoms with Crippen molar-refractivity contribution in [3.8, 4) is 0 Å². The summed E-state index contributed by atoms with van der Waals surface area (Å²) in [6, 6.07) is 0. The Kier molecular flexibility index (Phi) is 40.9. The lowest BCUT2D eigenvalue weighted by Crippen LogP contribution is -2.29. The van der Waals surface area contributed by atoms with Gasteiger partial charge in [0.2, 0.25) is 0 Å². The molecule has 0 heterocycles. The summed E-state index contributed by atoms with van der Waals surface area (Å²) in [5.41, 5.74) is 0. The first-order valence-corrected chi connectivity index (χ1v) is 24.6. The molecule has 0 saturated carbocycles. The van der Waals surface area contributed by atoms with E-state index in [1.807, 2.05) is 0 Å². The maximum atomic E-state index is 12.6. The molecule has 0 aliphatic rings. The van der Waals surface area contributed by atoms with Gasteiger partial charge in [-0.25, -0.2) is 4.57 Å². The SMILES string of the molecule is CCCCCCCC/C=C/CCCCCC(=O)O[C@H](COC(=O)CCCCCCCCCCCCCCCCCCCCCC)COP(=O)(O)OC[C@H](O)CO. The quantitative estimate of drug-likeness (QED) is 0.0235. The molecule has 0 amide bonds. The molecule has 0 aromatic carbocycles. The van der Waals surface area contributed by atoms with Crippen LogP contribution in [0, 0.1) is 0 Å². The molecule has 10 nitrogen and oxygen atoms in total. The van der Waals surface area contributed by atoms with E-state index >= 15 is 0 Å². The summed E-state index contributed by atoms with van der Waals surface area (Å²) in [7, 11) is -4.62. The number of aliphatic hydroxyl groups excluding tert-OH is 2. The summed E-state index contributed by atoms with van der Waals surface area (Å²) in [4.78, 5) is 35.0. The molecular weight excluding hydrogens is 731 g/mol. The number of rotatable bonds is 44. The molecule has 0 rings (SSSR count). The Morgan fingerprint density at radius 1 is 0.518 bits per heavy atom. The largest absolute Gasteiger partial charge is 0.472 e. The molecule has 0 fully saturated rings. The molecule has 0 aromatic heterocycles. The van der Waals surface area contributed by atoms with Crippen LogP contribution in [0.25, 0.3) is 0 Å². The second kappa shape index (κ2) is 41.9. The highest BCUT2D eigenvalue weighted by Gasteiger charge is 2.27.